The highest BCUT2D eigenvalue weighted by Gasteiger charge is 2.32. The lowest BCUT2D eigenvalue weighted by molar-refractivity contribution is -0.134. The maximum Gasteiger partial charge on any atom is 0.318 e. The highest BCUT2D eigenvalue weighted by molar-refractivity contribution is 5.87. The molecule has 2 aliphatic heterocycles. The molecule has 2 fully saturated rings. The Bertz CT molecular complexity index is 1110. The van der Waals surface area contributed by atoms with Gasteiger partial charge < -0.3 is 24.8 Å². The van der Waals surface area contributed by atoms with Crippen LogP contribution in [0.25, 0.3) is 0 Å². The number of urea groups is 1. The predicted octanol–water partition coefficient (Wildman–Crippen LogP) is 6.50. The minimum absolute atomic E-state index is 0.0687. The maximum atomic E-state index is 13.7. The Hall–Kier alpha value is -3.29. The first kappa shape index (κ1) is 32.6. The number of amides is 3. The lowest BCUT2D eigenvalue weighted by Crippen LogP contribution is -2.55. The molecule has 1 atom stereocenters. The lowest BCUT2D eigenvalue weighted by Gasteiger charge is -2.41. The summed E-state index contributed by atoms with van der Waals surface area (Å²) in [4.78, 5) is 37.4. The number of aromatic nitrogens is 1. The van der Waals surface area contributed by atoms with Crippen LogP contribution >= 0.6 is 0 Å². The fourth-order valence-electron chi connectivity index (χ4n) is 6.13. The maximum absolute atomic E-state index is 13.7. The van der Waals surface area contributed by atoms with Gasteiger partial charge in [-0.05, 0) is 80.7 Å². The summed E-state index contributed by atoms with van der Waals surface area (Å²) in [5.41, 5.74) is 2.24. The Morgan fingerprint density at radius 3 is 2.23 bits per heavy atom. The van der Waals surface area contributed by atoms with Crippen LogP contribution < -0.4 is 15.0 Å². The average molecular weight is 592 g/mol. The lowest BCUT2D eigenvalue weighted by atomic mass is 9.98. The average Bonchev–Trinajstić information content (AvgIpc) is 3.30. The van der Waals surface area contributed by atoms with E-state index in [1.165, 1.54) is 18.5 Å². The van der Waals surface area contributed by atoms with Gasteiger partial charge in [0.1, 0.15) is 18.4 Å². The molecule has 8 heteroatoms. The van der Waals surface area contributed by atoms with Crippen LogP contribution in [0.5, 0.6) is 5.75 Å². The minimum atomic E-state index is -0.469. The van der Waals surface area contributed by atoms with Crippen molar-refractivity contribution >= 4 is 17.6 Å². The summed E-state index contributed by atoms with van der Waals surface area (Å²) in [7, 11) is 0. The van der Waals surface area contributed by atoms with Gasteiger partial charge in [0.25, 0.3) is 0 Å². The number of nitrogens with one attached hydrogen (secondary N) is 1. The van der Waals surface area contributed by atoms with Gasteiger partial charge >= 0.3 is 6.03 Å². The number of hydrogen-bond donors (Lipinski definition) is 1. The van der Waals surface area contributed by atoms with Gasteiger partial charge in [-0.2, -0.15) is 0 Å². The number of anilines is 1. The summed E-state index contributed by atoms with van der Waals surface area (Å²) in [6, 6.07) is 12.2. The molecule has 2 aliphatic rings. The van der Waals surface area contributed by atoms with Crippen molar-refractivity contribution in [1.29, 1.82) is 0 Å². The largest absolute Gasteiger partial charge is 0.489 e. The van der Waals surface area contributed by atoms with Crippen LogP contribution in [-0.4, -0.2) is 71.5 Å². The summed E-state index contributed by atoms with van der Waals surface area (Å²) in [5.74, 6) is 1.84. The Kier molecular flexibility index (Phi) is 12.5. The summed E-state index contributed by atoms with van der Waals surface area (Å²) < 4.78 is 6.00. The number of carbonyl (C=O) groups excluding carboxylic acids is 2. The van der Waals surface area contributed by atoms with Gasteiger partial charge in [-0.15, -0.1) is 0 Å². The molecule has 0 radical (unpaired) electrons. The van der Waals surface area contributed by atoms with Crippen LogP contribution in [0, 0.1) is 11.8 Å². The highest BCUT2D eigenvalue weighted by Crippen LogP contribution is 2.28. The topological polar surface area (TPSA) is 78.0 Å². The normalized spacial score (nSPS) is 17.1. The molecule has 43 heavy (non-hydrogen) atoms. The number of hydrogen-bond acceptors (Lipinski definition) is 5. The zero-order chi connectivity index (χ0) is 30.6. The molecule has 4 rings (SSSR count). The van der Waals surface area contributed by atoms with Crippen molar-refractivity contribution in [2.45, 2.75) is 97.8 Å². The van der Waals surface area contributed by atoms with E-state index in [-0.39, 0.29) is 11.9 Å². The molecular weight excluding hydrogens is 538 g/mol. The molecule has 0 saturated carbocycles. The third-order valence-electron chi connectivity index (χ3n) is 8.66. The van der Waals surface area contributed by atoms with Crippen LogP contribution in [0.4, 0.5) is 10.5 Å². The Labute approximate surface area is 259 Å². The molecule has 1 aromatic heterocycles. The number of nitrogens with zero attached hydrogens (tertiary/aromatic N) is 4. The number of ether oxygens (including phenoxy) is 1. The van der Waals surface area contributed by atoms with E-state index >= 15 is 0 Å². The predicted molar refractivity (Wildman–Crippen MR) is 173 cm³/mol. The summed E-state index contributed by atoms with van der Waals surface area (Å²) in [6.07, 6.45) is 11.6. The highest BCUT2D eigenvalue weighted by atomic mass is 16.5. The van der Waals surface area contributed by atoms with Crippen LogP contribution in [-0.2, 0) is 11.4 Å². The fraction of sp³-hybridized carbons (Fsp3) is 0.629. The van der Waals surface area contributed by atoms with E-state index in [9.17, 15) is 9.59 Å². The smallest absolute Gasteiger partial charge is 0.318 e. The standard InChI is InChI=1S/C35H53N5O3/c1-27(2)15-23-40(30-11-13-32(14-12-30)43-26-29-10-9-18-36-25-29)31-16-21-38(22-17-31)34(41)33(24-28(3)4)37-35(42)39-19-7-5-6-8-20-39/h9-14,18,25,27-28,31,33H,5-8,15-17,19-24,26H2,1-4H3,(H,37,42). The van der Waals surface area contributed by atoms with E-state index in [1.807, 2.05) is 28.1 Å². The second kappa shape index (κ2) is 16.5. The molecule has 2 aromatic rings. The van der Waals surface area contributed by atoms with Crippen LogP contribution in [0.2, 0.25) is 0 Å². The molecule has 0 aliphatic carbocycles. The van der Waals surface area contributed by atoms with Crippen molar-refractivity contribution < 1.29 is 14.3 Å². The van der Waals surface area contributed by atoms with E-state index in [2.05, 4.69) is 67.2 Å². The molecule has 8 nitrogen and oxygen atoms in total. The monoisotopic (exact) mass is 591 g/mol. The van der Waals surface area contributed by atoms with Crippen LogP contribution in [0.1, 0.15) is 84.6 Å². The van der Waals surface area contributed by atoms with Crippen molar-refractivity contribution in [3.63, 3.8) is 0 Å². The molecule has 0 bridgehead atoms. The van der Waals surface area contributed by atoms with Crippen molar-refractivity contribution in [1.82, 2.24) is 20.1 Å². The van der Waals surface area contributed by atoms with Gasteiger partial charge in [-0.1, -0.05) is 46.6 Å². The van der Waals surface area contributed by atoms with Gasteiger partial charge in [-0.3, -0.25) is 9.78 Å². The quantitative estimate of drug-likeness (QED) is 0.305. The van der Waals surface area contributed by atoms with Gasteiger partial charge in [0.05, 0.1) is 0 Å². The first-order chi connectivity index (χ1) is 20.8. The van der Waals surface area contributed by atoms with E-state index < -0.39 is 6.04 Å². The van der Waals surface area contributed by atoms with Gasteiger partial charge in [0.2, 0.25) is 5.91 Å². The van der Waals surface area contributed by atoms with E-state index in [4.69, 9.17) is 4.74 Å². The fourth-order valence-corrected chi connectivity index (χ4v) is 6.13. The molecule has 3 amide bonds. The Balaban J connectivity index is 1.36. The SMILES string of the molecule is CC(C)CCN(c1ccc(OCc2cccnc2)cc1)C1CCN(C(=O)C(CC(C)C)NC(=O)N2CCCCCC2)CC1. The molecule has 1 unspecified atom stereocenters. The Morgan fingerprint density at radius 2 is 1.63 bits per heavy atom. The van der Waals surface area contributed by atoms with Gasteiger partial charge in [-0.25, -0.2) is 4.79 Å². The van der Waals surface area contributed by atoms with Crippen molar-refractivity contribution in [2.24, 2.45) is 11.8 Å². The van der Waals surface area contributed by atoms with Crippen LogP contribution in [0.3, 0.4) is 0 Å². The summed E-state index contributed by atoms with van der Waals surface area (Å²) in [6.45, 7) is 13.2. The van der Waals surface area contributed by atoms with Crippen molar-refractivity contribution in [3.05, 3.63) is 54.4 Å². The van der Waals surface area contributed by atoms with Gasteiger partial charge in [0.15, 0.2) is 0 Å². The first-order valence-corrected chi connectivity index (χ1v) is 16.5. The van der Waals surface area contributed by atoms with Gasteiger partial charge in [0, 0.05) is 62.4 Å². The number of rotatable bonds is 12. The number of carbonyl (C=O) groups is 2. The molecule has 2 saturated heterocycles. The molecule has 1 N–H and O–H groups in total. The third-order valence-corrected chi connectivity index (χ3v) is 8.66. The molecule has 1 aromatic carbocycles. The number of likely N-dealkylation sites (tertiary alicyclic amines) is 2. The first-order valence-electron chi connectivity index (χ1n) is 16.5. The molecule has 3 heterocycles. The second-order valence-electron chi connectivity index (χ2n) is 13.1. The van der Waals surface area contributed by atoms with E-state index in [0.29, 0.717) is 44.0 Å². The minimum Gasteiger partial charge on any atom is -0.489 e. The summed E-state index contributed by atoms with van der Waals surface area (Å²) >= 11 is 0. The van der Waals surface area contributed by atoms with Crippen LogP contribution in [0.15, 0.2) is 48.8 Å². The molecule has 0 spiro atoms. The van der Waals surface area contributed by atoms with E-state index in [1.54, 1.807) is 6.20 Å². The second-order valence-corrected chi connectivity index (χ2v) is 13.1. The third kappa shape index (κ3) is 10.1. The number of benzene rings is 1. The summed E-state index contributed by atoms with van der Waals surface area (Å²) in [5, 5.41) is 3.13. The molecule has 236 valence electrons. The Morgan fingerprint density at radius 1 is 0.930 bits per heavy atom. The van der Waals surface area contributed by atoms with Crippen molar-refractivity contribution in [3.8, 4) is 5.75 Å². The zero-order valence-corrected chi connectivity index (χ0v) is 26.8. The number of pyridine rings is 1. The number of piperidine rings is 1. The molecular formula is C35H53N5O3. The van der Waals surface area contributed by atoms with Crippen molar-refractivity contribution in [2.75, 3.05) is 37.6 Å². The zero-order valence-electron chi connectivity index (χ0n) is 26.8. The van der Waals surface area contributed by atoms with E-state index in [0.717, 1.165) is 63.1 Å².